The maximum atomic E-state index is 13.2. The van der Waals surface area contributed by atoms with E-state index in [1.54, 1.807) is 4.90 Å². The van der Waals surface area contributed by atoms with Gasteiger partial charge in [-0.2, -0.15) is 0 Å². The zero-order chi connectivity index (χ0) is 17.0. The lowest BCUT2D eigenvalue weighted by atomic mass is 9.43. The fourth-order valence-corrected chi connectivity index (χ4v) is 7.52. The number of hydrogen-bond acceptors (Lipinski definition) is 2. The Morgan fingerprint density at radius 2 is 1.48 bits per heavy atom. The van der Waals surface area contributed by atoms with Crippen molar-refractivity contribution in [3.05, 3.63) is 35.4 Å². The Kier molecular flexibility index (Phi) is 2.43. The lowest BCUT2D eigenvalue weighted by molar-refractivity contribution is -0.137. The summed E-state index contributed by atoms with van der Waals surface area (Å²) in [5, 5.41) is 0. The van der Waals surface area contributed by atoms with Crippen LogP contribution in [0.25, 0.3) is 0 Å². The lowest BCUT2D eigenvalue weighted by Crippen LogP contribution is -2.65. The predicted octanol–water partition coefficient (Wildman–Crippen LogP) is 4.42. The van der Waals surface area contributed by atoms with E-state index >= 15 is 0 Å². The zero-order valence-corrected chi connectivity index (χ0v) is 14.9. The van der Waals surface area contributed by atoms with E-state index in [0.717, 1.165) is 19.3 Å². The Balaban J connectivity index is 1.46. The molecule has 2 amide bonds. The Hall–Kier alpha value is -1.64. The highest BCUT2D eigenvalue weighted by atomic mass is 16.2. The Morgan fingerprint density at radius 3 is 2.00 bits per heavy atom. The molecule has 0 N–H and O–H groups in total. The first-order valence-electron chi connectivity index (χ1n) is 9.93. The number of nitrogens with zero attached hydrogens (tertiary/aromatic N) is 1. The third kappa shape index (κ3) is 1.63. The molecule has 0 radical (unpaired) electrons. The minimum absolute atomic E-state index is 0.0290. The summed E-state index contributed by atoms with van der Waals surface area (Å²) >= 11 is 0. The summed E-state index contributed by atoms with van der Waals surface area (Å²) in [5.74, 6) is 1.36. The van der Waals surface area contributed by atoms with Gasteiger partial charge in [-0.3, -0.25) is 14.5 Å². The second-order valence-corrected chi connectivity index (χ2v) is 10.0. The van der Waals surface area contributed by atoms with E-state index in [1.807, 2.05) is 24.3 Å². The van der Waals surface area contributed by atoms with E-state index in [1.165, 1.54) is 32.1 Å². The first-order valence-corrected chi connectivity index (χ1v) is 9.93. The quantitative estimate of drug-likeness (QED) is 0.750. The Bertz CT molecular complexity index is 772. The van der Waals surface area contributed by atoms with Crippen LogP contribution in [0.1, 0.15) is 79.0 Å². The lowest BCUT2D eigenvalue weighted by Gasteiger charge is -2.66. The van der Waals surface area contributed by atoms with Crippen LogP contribution >= 0.6 is 0 Å². The highest BCUT2D eigenvalue weighted by molar-refractivity contribution is 6.21. The topological polar surface area (TPSA) is 37.4 Å². The summed E-state index contributed by atoms with van der Waals surface area (Å²) in [6, 6.07) is 7.40. The fraction of sp³-hybridized carbons (Fsp3) is 0.636. The molecule has 6 aliphatic rings. The number of carbonyl (C=O) groups excluding carboxylic acids is 2. The van der Waals surface area contributed by atoms with Gasteiger partial charge >= 0.3 is 0 Å². The number of imide groups is 1. The number of carbonyl (C=O) groups is 2. The van der Waals surface area contributed by atoms with Gasteiger partial charge in [0, 0.05) is 0 Å². The molecule has 1 aliphatic heterocycles. The molecule has 0 unspecified atom stereocenters. The minimum atomic E-state index is -0.205. The average molecular weight is 335 g/mol. The summed E-state index contributed by atoms with van der Waals surface area (Å²) in [5.41, 5.74) is 1.88. The molecular weight excluding hydrogens is 310 g/mol. The van der Waals surface area contributed by atoms with Crippen molar-refractivity contribution in [1.82, 2.24) is 4.90 Å². The van der Waals surface area contributed by atoms with Crippen molar-refractivity contribution in [3.8, 4) is 0 Å². The third-order valence-corrected chi connectivity index (χ3v) is 8.58. The monoisotopic (exact) mass is 335 g/mol. The van der Waals surface area contributed by atoms with Crippen LogP contribution in [-0.4, -0.2) is 22.3 Å². The average Bonchev–Trinajstić information content (AvgIpc) is 3.27. The number of amides is 2. The van der Waals surface area contributed by atoms with Crippen molar-refractivity contribution in [2.24, 2.45) is 22.7 Å². The van der Waals surface area contributed by atoms with Crippen LogP contribution < -0.4 is 0 Å². The summed E-state index contributed by atoms with van der Waals surface area (Å²) in [4.78, 5) is 28.1. The van der Waals surface area contributed by atoms with Crippen LogP contribution in [0.4, 0.5) is 0 Å². The zero-order valence-electron chi connectivity index (χ0n) is 14.9. The minimum Gasteiger partial charge on any atom is -0.269 e. The van der Waals surface area contributed by atoms with E-state index in [-0.39, 0.29) is 17.4 Å². The Morgan fingerprint density at radius 1 is 0.920 bits per heavy atom. The van der Waals surface area contributed by atoms with E-state index in [9.17, 15) is 9.59 Å². The molecule has 2 atom stereocenters. The second-order valence-electron chi connectivity index (χ2n) is 10.0. The van der Waals surface area contributed by atoms with Gasteiger partial charge in [-0.05, 0) is 86.2 Å². The van der Waals surface area contributed by atoms with Crippen molar-refractivity contribution >= 4 is 11.8 Å². The van der Waals surface area contributed by atoms with Crippen LogP contribution in [0.15, 0.2) is 24.3 Å². The highest BCUT2D eigenvalue weighted by Crippen LogP contribution is 2.74. The molecule has 0 saturated heterocycles. The molecule has 5 saturated carbocycles. The predicted molar refractivity (Wildman–Crippen MR) is 94.1 cm³/mol. The SMILES string of the molecule is CC1(C23C[C@@H]4C[C@H](CC(N5C(=O)c6ccccc6C5=O)(C4)C2)C3)CC1. The van der Waals surface area contributed by atoms with Crippen molar-refractivity contribution in [2.45, 2.75) is 63.8 Å². The van der Waals surface area contributed by atoms with Crippen LogP contribution in [0.5, 0.6) is 0 Å². The molecule has 4 bridgehead atoms. The van der Waals surface area contributed by atoms with Crippen LogP contribution in [0, 0.1) is 22.7 Å². The molecule has 5 fully saturated rings. The van der Waals surface area contributed by atoms with Crippen molar-refractivity contribution in [1.29, 1.82) is 0 Å². The van der Waals surface area contributed by atoms with Crippen LogP contribution in [0.3, 0.4) is 0 Å². The molecule has 0 spiro atoms. The Labute approximate surface area is 148 Å². The first-order chi connectivity index (χ1) is 12.0. The molecule has 1 aromatic rings. The van der Waals surface area contributed by atoms with Gasteiger partial charge in [0.25, 0.3) is 11.8 Å². The third-order valence-electron chi connectivity index (χ3n) is 8.58. The maximum Gasteiger partial charge on any atom is 0.262 e. The molecule has 7 rings (SSSR count). The van der Waals surface area contributed by atoms with E-state index in [0.29, 0.717) is 33.8 Å². The van der Waals surface area contributed by atoms with Crippen molar-refractivity contribution in [3.63, 3.8) is 0 Å². The molecule has 3 nitrogen and oxygen atoms in total. The van der Waals surface area contributed by atoms with Gasteiger partial charge < -0.3 is 0 Å². The largest absolute Gasteiger partial charge is 0.269 e. The van der Waals surface area contributed by atoms with E-state index < -0.39 is 0 Å². The molecule has 5 aliphatic carbocycles. The molecule has 1 heterocycles. The number of fused-ring (bicyclic) bond motifs is 1. The summed E-state index contributed by atoms with van der Waals surface area (Å²) in [7, 11) is 0. The standard InChI is InChI=1S/C22H25NO2/c1-20(6-7-20)21-9-14-8-15(10-21)12-22(11-14,13-21)23-18(24)16-4-2-3-5-17(16)19(23)25/h2-5,14-15H,6-13H2,1H3/t14-,15-,21?,22?/m0/s1. The maximum absolute atomic E-state index is 13.2. The summed E-state index contributed by atoms with van der Waals surface area (Å²) in [6.45, 7) is 2.47. The summed E-state index contributed by atoms with van der Waals surface area (Å²) in [6.07, 6.45) is 9.84. The molecule has 3 heteroatoms. The number of hydrogen-bond donors (Lipinski definition) is 0. The number of rotatable bonds is 2. The smallest absolute Gasteiger partial charge is 0.262 e. The molecule has 0 aromatic heterocycles. The van der Waals surface area contributed by atoms with Crippen LogP contribution in [0.2, 0.25) is 0 Å². The van der Waals surface area contributed by atoms with Crippen molar-refractivity contribution < 1.29 is 9.59 Å². The van der Waals surface area contributed by atoms with Crippen molar-refractivity contribution in [2.75, 3.05) is 0 Å². The van der Waals surface area contributed by atoms with Gasteiger partial charge in [-0.25, -0.2) is 0 Å². The first kappa shape index (κ1) is 14.5. The normalized spacial score (nSPS) is 42.8. The highest BCUT2D eigenvalue weighted by Gasteiger charge is 2.69. The summed E-state index contributed by atoms with van der Waals surface area (Å²) < 4.78 is 0. The van der Waals surface area contributed by atoms with Gasteiger partial charge in [-0.1, -0.05) is 19.1 Å². The van der Waals surface area contributed by atoms with Gasteiger partial charge in [0.05, 0.1) is 16.7 Å². The second kappa shape index (κ2) is 4.19. The fourth-order valence-electron chi connectivity index (χ4n) is 7.52. The van der Waals surface area contributed by atoms with Gasteiger partial charge in [0.15, 0.2) is 0 Å². The van der Waals surface area contributed by atoms with E-state index in [4.69, 9.17) is 0 Å². The molecular formula is C22H25NO2. The van der Waals surface area contributed by atoms with Crippen LogP contribution in [-0.2, 0) is 0 Å². The van der Waals surface area contributed by atoms with Gasteiger partial charge in [0.1, 0.15) is 0 Å². The number of benzene rings is 1. The van der Waals surface area contributed by atoms with Gasteiger partial charge in [0.2, 0.25) is 0 Å². The molecule has 130 valence electrons. The van der Waals surface area contributed by atoms with E-state index in [2.05, 4.69) is 6.92 Å². The molecule has 1 aromatic carbocycles. The van der Waals surface area contributed by atoms with Gasteiger partial charge in [-0.15, -0.1) is 0 Å². The molecule has 25 heavy (non-hydrogen) atoms.